The van der Waals surface area contributed by atoms with E-state index in [1.165, 1.54) is 0 Å². The number of nitrogens with one attached hydrogen (secondary N) is 1. The van der Waals surface area contributed by atoms with Crippen LogP contribution in [0.4, 0.5) is 0 Å². The van der Waals surface area contributed by atoms with E-state index in [1.807, 2.05) is 38.1 Å². The van der Waals surface area contributed by atoms with Crippen molar-refractivity contribution in [1.29, 1.82) is 0 Å². The highest BCUT2D eigenvalue weighted by Gasteiger charge is 2.13. The predicted octanol–water partition coefficient (Wildman–Crippen LogP) is 2.19. The minimum Gasteiger partial charge on any atom is -0.363 e. The molecule has 0 radical (unpaired) electrons. The molecule has 0 aliphatic heterocycles. The summed E-state index contributed by atoms with van der Waals surface area (Å²) in [6.07, 6.45) is 1.66. The first kappa shape index (κ1) is 14.1. The minimum absolute atomic E-state index is 0.251. The third-order valence-corrected chi connectivity index (χ3v) is 3.81. The number of hydrogen-bond acceptors (Lipinski definition) is 3. The van der Waals surface area contributed by atoms with E-state index in [9.17, 15) is 4.79 Å². The Morgan fingerprint density at radius 2 is 1.82 bits per heavy atom. The first-order valence-electron chi connectivity index (χ1n) is 6.93. The normalized spacial score (nSPS) is 10.9. The predicted molar refractivity (Wildman–Crippen MR) is 84.2 cm³/mol. The SMILES string of the molecule is Cc1n[nH]c(C)c1-c1ccc(-c2cnc(C(N)=O)n2C)cc1. The lowest BCUT2D eigenvalue weighted by Crippen LogP contribution is -2.16. The average Bonchev–Trinajstić information content (AvgIpc) is 3.02. The van der Waals surface area contributed by atoms with Crippen molar-refractivity contribution in [2.75, 3.05) is 0 Å². The van der Waals surface area contributed by atoms with Crippen molar-refractivity contribution in [1.82, 2.24) is 19.7 Å². The Morgan fingerprint density at radius 3 is 2.32 bits per heavy atom. The first-order valence-corrected chi connectivity index (χ1v) is 6.93. The molecule has 0 aliphatic carbocycles. The van der Waals surface area contributed by atoms with E-state index >= 15 is 0 Å². The number of rotatable bonds is 3. The molecule has 6 nitrogen and oxygen atoms in total. The zero-order valence-corrected chi connectivity index (χ0v) is 12.7. The van der Waals surface area contributed by atoms with Gasteiger partial charge >= 0.3 is 0 Å². The lowest BCUT2D eigenvalue weighted by molar-refractivity contribution is 0.0987. The van der Waals surface area contributed by atoms with E-state index in [2.05, 4.69) is 15.2 Å². The molecule has 0 fully saturated rings. The van der Waals surface area contributed by atoms with Gasteiger partial charge in [-0.15, -0.1) is 0 Å². The standard InChI is InChI=1S/C16H17N5O/c1-9-14(10(2)20-19-9)12-6-4-11(5-7-12)13-8-18-16(15(17)22)21(13)3/h4-8H,1-3H3,(H2,17,22)(H,19,20). The van der Waals surface area contributed by atoms with Crippen LogP contribution in [0.15, 0.2) is 30.5 Å². The molecule has 1 amide bonds. The fourth-order valence-electron chi connectivity index (χ4n) is 2.69. The summed E-state index contributed by atoms with van der Waals surface area (Å²) < 4.78 is 1.70. The maximum absolute atomic E-state index is 11.3. The van der Waals surface area contributed by atoms with E-state index in [1.54, 1.807) is 17.8 Å². The number of primary amides is 1. The van der Waals surface area contributed by atoms with Crippen molar-refractivity contribution < 1.29 is 4.79 Å². The Morgan fingerprint density at radius 1 is 1.18 bits per heavy atom. The minimum atomic E-state index is -0.532. The van der Waals surface area contributed by atoms with Gasteiger partial charge in [0.1, 0.15) is 0 Å². The maximum Gasteiger partial charge on any atom is 0.284 e. The smallest absolute Gasteiger partial charge is 0.284 e. The second kappa shape index (κ2) is 5.14. The van der Waals surface area contributed by atoms with Crippen LogP contribution >= 0.6 is 0 Å². The third kappa shape index (κ3) is 2.18. The van der Waals surface area contributed by atoms with Gasteiger partial charge in [-0.3, -0.25) is 9.89 Å². The molecule has 0 spiro atoms. The zero-order valence-electron chi connectivity index (χ0n) is 12.7. The van der Waals surface area contributed by atoms with Crippen LogP contribution in [0.1, 0.15) is 22.0 Å². The van der Waals surface area contributed by atoms with Crippen LogP contribution in [-0.2, 0) is 7.05 Å². The Balaban J connectivity index is 2.00. The van der Waals surface area contributed by atoms with Gasteiger partial charge < -0.3 is 10.3 Å². The van der Waals surface area contributed by atoms with Crippen LogP contribution in [0.3, 0.4) is 0 Å². The van der Waals surface area contributed by atoms with E-state index in [4.69, 9.17) is 5.73 Å². The highest BCUT2D eigenvalue weighted by molar-refractivity contribution is 5.90. The molecule has 2 aromatic heterocycles. The number of benzene rings is 1. The van der Waals surface area contributed by atoms with E-state index < -0.39 is 5.91 Å². The van der Waals surface area contributed by atoms with Gasteiger partial charge in [-0.25, -0.2) is 4.98 Å². The molecule has 0 bridgehead atoms. The summed E-state index contributed by atoms with van der Waals surface area (Å²) in [4.78, 5) is 15.3. The summed E-state index contributed by atoms with van der Waals surface area (Å²) in [7, 11) is 1.78. The zero-order chi connectivity index (χ0) is 15.9. The van der Waals surface area contributed by atoms with Crippen molar-refractivity contribution in [2.24, 2.45) is 12.8 Å². The molecule has 6 heteroatoms. The van der Waals surface area contributed by atoms with Crippen molar-refractivity contribution in [3.05, 3.63) is 47.7 Å². The second-order valence-corrected chi connectivity index (χ2v) is 5.28. The van der Waals surface area contributed by atoms with E-state index in [0.29, 0.717) is 0 Å². The van der Waals surface area contributed by atoms with Gasteiger partial charge in [0.15, 0.2) is 5.82 Å². The monoisotopic (exact) mass is 295 g/mol. The molecule has 3 rings (SSSR count). The number of aromatic amines is 1. The van der Waals surface area contributed by atoms with E-state index in [0.717, 1.165) is 33.8 Å². The van der Waals surface area contributed by atoms with Gasteiger partial charge in [0.25, 0.3) is 5.91 Å². The third-order valence-electron chi connectivity index (χ3n) is 3.81. The van der Waals surface area contributed by atoms with Crippen LogP contribution in [-0.4, -0.2) is 25.7 Å². The summed E-state index contributed by atoms with van der Waals surface area (Å²) in [5.74, 6) is -0.282. The van der Waals surface area contributed by atoms with Gasteiger partial charge in [-0.05, 0) is 25.0 Å². The summed E-state index contributed by atoms with van der Waals surface area (Å²) in [6.45, 7) is 3.98. The molecule has 2 heterocycles. The van der Waals surface area contributed by atoms with Gasteiger partial charge in [0.2, 0.25) is 0 Å². The van der Waals surface area contributed by atoms with Crippen molar-refractivity contribution in [3.8, 4) is 22.4 Å². The fraction of sp³-hybridized carbons (Fsp3) is 0.188. The van der Waals surface area contributed by atoms with Crippen LogP contribution < -0.4 is 5.73 Å². The largest absolute Gasteiger partial charge is 0.363 e. The highest BCUT2D eigenvalue weighted by atomic mass is 16.1. The lowest BCUT2D eigenvalue weighted by atomic mass is 10.0. The molecule has 0 aliphatic rings. The van der Waals surface area contributed by atoms with Crippen molar-refractivity contribution in [2.45, 2.75) is 13.8 Å². The molecule has 0 atom stereocenters. The number of carbonyl (C=O) groups is 1. The second-order valence-electron chi connectivity index (χ2n) is 5.28. The number of aryl methyl sites for hydroxylation is 2. The molecule has 112 valence electrons. The Labute approximate surface area is 128 Å². The quantitative estimate of drug-likeness (QED) is 0.776. The lowest BCUT2D eigenvalue weighted by Gasteiger charge is -2.06. The molecule has 3 aromatic rings. The summed E-state index contributed by atoms with van der Waals surface area (Å²) >= 11 is 0. The Hall–Kier alpha value is -2.89. The number of nitrogens with zero attached hydrogens (tertiary/aromatic N) is 3. The van der Waals surface area contributed by atoms with Crippen LogP contribution in [0.25, 0.3) is 22.4 Å². The number of nitrogens with two attached hydrogens (primary N) is 1. The molecule has 3 N–H and O–H groups in total. The molecule has 0 saturated carbocycles. The number of carbonyl (C=O) groups excluding carboxylic acids is 1. The van der Waals surface area contributed by atoms with Gasteiger partial charge in [0, 0.05) is 18.3 Å². The van der Waals surface area contributed by atoms with Gasteiger partial charge in [-0.1, -0.05) is 24.3 Å². The molecular weight excluding hydrogens is 278 g/mol. The number of amides is 1. The number of imidazole rings is 1. The molecule has 0 saturated heterocycles. The van der Waals surface area contributed by atoms with Gasteiger partial charge in [0.05, 0.1) is 17.6 Å². The maximum atomic E-state index is 11.3. The first-order chi connectivity index (χ1) is 10.5. The number of hydrogen-bond donors (Lipinski definition) is 2. The number of H-pyrrole nitrogens is 1. The topological polar surface area (TPSA) is 89.6 Å². The summed E-state index contributed by atoms with van der Waals surface area (Å²) in [5.41, 5.74) is 11.4. The van der Waals surface area contributed by atoms with Crippen LogP contribution in [0.5, 0.6) is 0 Å². The van der Waals surface area contributed by atoms with Gasteiger partial charge in [-0.2, -0.15) is 5.10 Å². The van der Waals surface area contributed by atoms with Crippen LogP contribution in [0.2, 0.25) is 0 Å². The summed E-state index contributed by atoms with van der Waals surface area (Å²) in [5, 5.41) is 7.21. The Kier molecular flexibility index (Phi) is 3.29. The highest BCUT2D eigenvalue weighted by Crippen LogP contribution is 2.28. The van der Waals surface area contributed by atoms with Crippen molar-refractivity contribution in [3.63, 3.8) is 0 Å². The molecule has 0 unspecified atom stereocenters. The molecular formula is C16H17N5O. The molecule has 22 heavy (non-hydrogen) atoms. The number of aromatic nitrogens is 4. The fourth-order valence-corrected chi connectivity index (χ4v) is 2.69. The van der Waals surface area contributed by atoms with E-state index in [-0.39, 0.29) is 5.82 Å². The average molecular weight is 295 g/mol. The molecule has 1 aromatic carbocycles. The Bertz CT molecular complexity index is 823. The van der Waals surface area contributed by atoms with Crippen molar-refractivity contribution >= 4 is 5.91 Å². The summed E-state index contributed by atoms with van der Waals surface area (Å²) in [6, 6.07) is 8.08. The van der Waals surface area contributed by atoms with Crippen LogP contribution in [0, 0.1) is 13.8 Å².